The molecule has 3 heteroatoms. The van der Waals surface area contributed by atoms with Gasteiger partial charge < -0.3 is 10.1 Å². The van der Waals surface area contributed by atoms with E-state index in [1.54, 1.807) is 7.11 Å². The summed E-state index contributed by atoms with van der Waals surface area (Å²) in [5, 5.41) is 3.53. The van der Waals surface area contributed by atoms with Gasteiger partial charge in [-0.2, -0.15) is 0 Å². The molecule has 1 aliphatic rings. The molecule has 0 saturated heterocycles. The molecule has 2 nitrogen and oxygen atoms in total. The highest BCUT2D eigenvalue weighted by molar-refractivity contribution is 9.10. The molecule has 0 bridgehead atoms. The molecule has 2 rings (SSSR count). The zero-order valence-electron chi connectivity index (χ0n) is 11.0. The van der Waals surface area contributed by atoms with E-state index in [2.05, 4.69) is 45.5 Å². The molecule has 0 radical (unpaired) electrons. The van der Waals surface area contributed by atoms with E-state index < -0.39 is 0 Å². The fraction of sp³-hybridized carbons (Fsp3) is 0.600. The van der Waals surface area contributed by atoms with Crippen molar-refractivity contribution < 1.29 is 4.74 Å². The van der Waals surface area contributed by atoms with Gasteiger partial charge in [-0.05, 0) is 42.4 Å². The standard InChI is InChI=1S/C15H22BrNO/c1-18-10-9-17-12-15(7-2-8-15)11-13-3-5-14(16)6-4-13/h3-6,17H,2,7-12H2,1H3. The van der Waals surface area contributed by atoms with E-state index >= 15 is 0 Å². The summed E-state index contributed by atoms with van der Waals surface area (Å²) in [6.07, 6.45) is 5.27. The summed E-state index contributed by atoms with van der Waals surface area (Å²) in [5.41, 5.74) is 1.94. The summed E-state index contributed by atoms with van der Waals surface area (Å²) >= 11 is 3.49. The van der Waals surface area contributed by atoms with Gasteiger partial charge in [0.05, 0.1) is 6.61 Å². The van der Waals surface area contributed by atoms with Crippen LogP contribution in [0.1, 0.15) is 24.8 Å². The number of halogens is 1. The average molecular weight is 312 g/mol. The van der Waals surface area contributed by atoms with Crippen molar-refractivity contribution in [1.29, 1.82) is 0 Å². The second-order valence-corrected chi connectivity index (χ2v) is 6.24. The largest absolute Gasteiger partial charge is 0.383 e. The zero-order chi connectivity index (χ0) is 12.8. The Balaban J connectivity index is 1.85. The van der Waals surface area contributed by atoms with Crippen molar-refractivity contribution in [3.8, 4) is 0 Å². The highest BCUT2D eigenvalue weighted by Crippen LogP contribution is 2.43. The maximum Gasteiger partial charge on any atom is 0.0587 e. The van der Waals surface area contributed by atoms with Crippen LogP contribution < -0.4 is 5.32 Å². The smallest absolute Gasteiger partial charge is 0.0587 e. The summed E-state index contributed by atoms with van der Waals surface area (Å²) in [7, 11) is 1.75. The van der Waals surface area contributed by atoms with E-state index in [0.29, 0.717) is 5.41 Å². The highest BCUT2D eigenvalue weighted by atomic mass is 79.9. The number of rotatable bonds is 7. The van der Waals surface area contributed by atoms with Crippen LogP contribution in [-0.4, -0.2) is 26.8 Å². The van der Waals surface area contributed by atoms with Crippen LogP contribution in [0.3, 0.4) is 0 Å². The summed E-state index contributed by atoms with van der Waals surface area (Å²) in [6, 6.07) is 8.75. The number of methoxy groups -OCH3 is 1. The Morgan fingerprint density at radius 1 is 1.28 bits per heavy atom. The third kappa shape index (κ3) is 3.81. The van der Waals surface area contributed by atoms with Crippen molar-refractivity contribution >= 4 is 15.9 Å². The average Bonchev–Trinajstić information content (AvgIpc) is 2.34. The first-order chi connectivity index (χ1) is 8.74. The quantitative estimate of drug-likeness (QED) is 0.779. The number of hydrogen-bond donors (Lipinski definition) is 1. The van der Waals surface area contributed by atoms with Crippen LogP contribution in [0.2, 0.25) is 0 Å². The van der Waals surface area contributed by atoms with Gasteiger partial charge in [0.15, 0.2) is 0 Å². The molecule has 0 heterocycles. The van der Waals surface area contributed by atoms with Crippen molar-refractivity contribution in [3.63, 3.8) is 0 Å². The molecule has 0 spiro atoms. The number of benzene rings is 1. The number of ether oxygens (including phenoxy) is 1. The van der Waals surface area contributed by atoms with Crippen molar-refractivity contribution in [2.75, 3.05) is 26.8 Å². The monoisotopic (exact) mass is 311 g/mol. The molecule has 1 aromatic rings. The van der Waals surface area contributed by atoms with Crippen molar-refractivity contribution in [1.82, 2.24) is 5.32 Å². The molecular formula is C15H22BrNO. The van der Waals surface area contributed by atoms with E-state index in [4.69, 9.17) is 4.74 Å². The van der Waals surface area contributed by atoms with E-state index in [1.807, 2.05) is 0 Å². The minimum absolute atomic E-state index is 0.488. The minimum Gasteiger partial charge on any atom is -0.383 e. The lowest BCUT2D eigenvalue weighted by Gasteiger charge is -2.42. The number of nitrogens with one attached hydrogen (secondary N) is 1. The van der Waals surface area contributed by atoms with Crippen LogP contribution in [0.4, 0.5) is 0 Å². The Hall–Kier alpha value is -0.380. The Bertz CT molecular complexity index is 359. The topological polar surface area (TPSA) is 21.3 Å². The molecule has 18 heavy (non-hydrogen) atoms. The number of hydrogen-bond acceptors (Lipinski definition) is 2. The van der Waals surface area contributed by atoms with Crippen LogP contribution in [0, 0.1) is 5.41 Å². The molecule has 0 atom stereocenters. The van der Waals surface area contributed by atoms with Gasteiger partial charge >= 0.3 is 0 Å². The van der Waals surface area contributed by atoms with E-state index in [9.17, 15) is 0 Å². The van der Waals surface area contributed by atoms with Gasteiger partial charge in [-0.3, -0.25) is 0 Å². The van der Waals surface area contributed by atoms with Crippen LogP contribution in [-0.2, 0) is 11.2 Å². The molecule has 1 fully saturated rings. The Morgan fingerprint density at radius 3 is 2.56 bits per heavy atom. The third-order valence-electron chi connectivity index (χ3n) is 3.89. The molecule has 100 valence electrons. The van der Waals surface area contributed by atoms with Gasteiger partial charge in [0.2, 0.25) is 0 Å². The molecule has 0 amide bonds. The second kappa shape index (κ2) is 6.69. The highest BCUT2D eigenvalue weighted by Gasteiger charge is 2.36. The molecule has 0 unspecified atom stereocenters. The maximum absolute atomic E-state index is 5.07. The molecule has 1 aliphatic carbocycles. The normalized spacial score (nSPS) is 17.4. The fourth-order valence-electron chi connectivity index (χ4n) is 2.66. The predicted molar refractivity (Wildman–Crippen MR) is 78.9 cm³/mol. The van der Waals surface area contributed by atoms with Gasteiger partial charge in [0, 0.05) is 24.7 Å². The van der Waals surface area contributed by atoms with Crippen LogP contribution in [0.15, 0.2) is 28.7 Å². The van der Waals surface area contributed by atoms with Gasteiger partial charge in [0.25, 0.3) is 0 Å². The molecule has 0 aliphatic heterocycles. The van der Waals surface area contributed by atoms with Crippen LogP contribution in [0.25, 0.3) is 0 Å². The first-order valence-electron chi connectivity index (χ1n) is 6.68. The lowest BCUT2D eigenvalue weighted by atomic mass is 9.65. The van der Waals surface area contributed by atoms with Crippen molar-refractivity contribution in [2.45, 2.75) is 25.7 Å². The third-order valence-corrected chi connectivity index (χ3v) is 4.42. The summed E-state index contributed by atoms with van der Waals surface area (Å²) in [6.45, 7) is 2.87. The lowest BCUT2D eigenvalue weighted by Crippen LogP contribution is -2.42. The summed E-state index contributed by atoms with van der Waals surface area (Å²) in [4.78, 5) is 0. The molecule has 1 N–H and O–H groups in total. The maximum atomic E-state index is 5.07. The van der Waals surface area contributed by atoms with Gasteiger partial charge in [-0.15, -0.1) is 0 Å². The lowest BCUT2D eigenvalue weighted by molar-refractivity contribution is 0.123. The van der Waals surface area contributed by atoms with Crippen LogP contribution in [0.5, 0.6) is 0 Å². The SMILES string of the molecule is COCCNCC1(Cc2ccc(Br)cc2)CCC1. The van der Waals surface area contributed by atoms with Crippen molar-refractivity contribution in [2.24, 2.45) is 5.41 Å². The molecular weight excluding hydrogens is 290 g/mol. The first-order valence-corrected chi connectivity index (χ1v) is 7.48. The molecule has 1 aromatic carbocycles. The van der Waals surface area contributed by atoms with E-state index in [-0.39, 0.29) is 0 Å². The molecule has 0 aromatic heterocycles. The van der Waals surface area contributed by atoms with Gasteiger partial charge in [-0.25, -0.2) is 0 Å². The van der Waals surface area contributed by atoms with Gasteiger partial charge in [0.1, 0.15) is 0 Å². The van der Waals surface area contributed by atoms with Crippen LogP contribution >= 0.6 is 15.9 Å². The predicted octanol–water partition coefficient (Wildman–Crippen LogP) is 3.40. The fourth-order valence-corrected chi connectivity index (χ4v) is 2.92. The Kier molecular flexibility index (Phi) is 5.22. The van der Waals surface area contributed by atoms with E-state index in [0.717, 1.165) is 24.2 Å². The second-order valence-electron chi connectivity index (χ2n) is 5.33. The Morgan fingerprint density at radius 2 is 2.00 bits per heavy atom. The van der Waals surface area contributed by atoms with Gasteiger partial charge in [-0.1, -0.05) is 34.5 Å². The summed E-state index contributed by atoms with van der Waals surface area (Å²) in [5.74, 6) is 0. The zero-order valence-corrected chi connectivity index (χ0v) is 12.6. The van der Waals surface area contributed by atoms with Crippen molar-refractivity contribution in [3.05, 3.63) is 34.3 Å². The molecule has 1 saturated carbocycles. The first kappa shape index (κ1) is 14.0. The van der Waals surface area contributed by atoms with E-state index in [1.165, 1.54) is 31.2 Å². The summed E-state index contributed by atoms with van der Waals surface area (Å²) < 4.78 is 6.23. The Labute approximate surface area is 118 Å². The minimum atomic E-state index is 0.488.